The minimum Gasteiger partial charge on any atom is -0.353 e. The second kappa shape index (κ2) is 12.9. The van der Waals surface area contributed by atoms with Crippen LogP contribution in [-0.2, 0) is 29.1 Å². The lowest BCUT2D eigenvalue weighted by atomic mass is 10.0. The summed E-state index contributed by atoms with van der Waals surface area (Å²) in [4.78, 5) is 32.8. The molecule has 208 valence electrons. The molecule has 1 aliphatic heterocycles. The number of anilines is 1. The van der Waals surface area contributed by atoms with Gasteiger partial charge in [0.2, 0.25) is 17.6 Å². The highest BCUT2D eigenvalue weighted by molar-refractivity contribution is 5.87. The molecule has 0 aliphatic carbocycles. The van der Waals surface area contributed by atoms with Gasteiger partial charge in [0.25, 0.3) is 5.91 Å². The first-order valence-corrected chi connectivity index (χ1v) is 13.5. The van der Waals surface area contributed by atoms with Gasteiger partial charge in [-0.3, -0.25) is 14.6 Å². The molecule has 0 spiro atoms. The summed E-state index contributed by atoms with van der Waals surface area (Å²) in [6, 6.07) is 14.4. The SMILES string of the molecule is CCc1ccc(-c2noc(C)n2)cc1N(CC(=O)NCCNC(C)C)CC(=O)N(C)N1Cc2ccccc2C1. The van der Waals surface area contributed by atoms with Crippen molar-refractivity contribution in [3.63, 3.8) is 0 Å². The highest BCUT2D eigenvalue weighted by Crippen LogP contribution is 2.28. The van der Waals surface area contributed by atoms with Crippen molar-refractivity contribution in [2.45, 2.75) is 53.2 Å². The quantitative estimate of drug-likeness (QED) is 0.342. The minimum absolute atomic E-state index is 0.0444. The van der Waals surface area contributed by atoms with Gasteiger partial charge in [0.1, 0.15) is 0 Å². The lowest BCUT2D eigenvalue weighted by molar-refractivity contribution is -0.145. The molecule has 1 aromatic heterocycles. The first-order valence-electron chi connectivity index (χ1n) is 13.5. The molecule has 0 unspecified atom stereocenters. The summed E-state index contributed by atoms with van der Waals surface area (Å²) in [6.07, 6.45) is 0.739. The Morgan fingerprint density at radius 1 is 1.08 bits per heavy atom. The van der Waals surface area contributed by atoms with Crippen LogP contribution in [0.25, 0.3) is 11.4 Å². The Bertz CT molecular complexity index is 1260. The largest absolute Gasteiger partial charge is 0.353 e. The van der Waals surface area contributed by atoms with Crippen molar-refractivity contribution in [1.29, 1.82) is 0 Å². The van der Waals surface area contributed by atoms with E-state index in [0.29, 0.717) is 43.9 Å². The van der Waals surface area contributed by atoms with Crippen LogP contribution in [0.15, 0.2) is 47.0 Å². The third kappa shape index (κ3) is 7.21. The van der Waals surface area contributed by atoms with Crippen LogP contribution >= 0.6 is 0 Å². The number of likely N-dealkylation sites (N-methyl/N-ethyl adjacent to an activating group) is 1. The summed E-state index contributed by atoms with van der Waals surface area (Å²) in [7, 11) is 1.79. The molecule has 2 N–H and O–H groups in total. The van der Waals surface area contributed by atoms with Gasteiger partial charge in [-0.1, -0.05) is 62.3 Å². The molecule has 10 nitrogen and oxygen atoms in total. The van der Waals surface area contributed by atoms with Crippen LogP contribution in [0, 0.1) is 6.92 Å². The molecule has 0 saturated heterocycles. The van der Waals surface area contributed by atoms with Crippen molar-refractivity contribution in [2.24, 2.45) is 0 Å². The fourth-order valence-electron chi connectivity index (χ4n) is 4.68. The van der Waals surface area contributed by atoms with Gasteiger partial charge in [-0.25, -0.2) is 5.01 Å². The summed E-state index contributed by atoms with van der Waals surface area (Å²) in [5.74, 6) is 0.701. The van der Waals surface area contributed by atoms with E-state index in [1.165, 1.54) is 11.1 Å². The second-order valence-corrected chi connectivity index (χ2v) is 10.2. The van der Waals surface area contributed by atoms with Crippen LogP contribution in [-0.4, -0.2) is 71.2 Å². The summed E-state index contributed by atoms with van der Waals surface area (Å²) in [5.41, 5.74) is 5.04. The van der Waals surface area contributed by atoms with Gasteiger partial charge in [0, 0.05) is 57.4 Å². The Labute approximate surface area is 230 Å². The van der Waals surface area contributed by atoms with Gasteiger partial charge in [-0.2, -0.15) is 4.98 Å². The Balaban J connectivity index is 1.55. The number of nitrogens with one attached hydrogen (secondary N) is 2. The molecule has 2 aromatic carbocycles. The second-order valence-electron chi connectivity index (χ2n) is 10.2. The molecule has 39 heavy (non-hydrogen) atoms. The van der Waals surface area contributed by atoms with Gasteiger partial charge in [-0.15, -0.1) is 0 Å². The maximum absolute atomic E-state index is 13.6. The predicted molar refractivity (Wildman–Crippen MR) is 151 cm³/mol. The molecule has 2 amide bonds. The Morgan fingerprint density at radius 2 is 1.79 bits per heavy atom. The normalized spacial score (nSPS) is 13.0. The van der Waals surface area contributed by atoms with Crippen LogP contribution < -0.4 is 15.5 Å². The van der Waals surface area contributed by atoms with E-state index in [2.05, 4.69) is 53.7 Å². The fraction of sp³-hybridized carbons (Fsp3) is 0.448. The van der Waals surface area contributed by atoms with Crippen LogP contribution in [0.2, 0.25) is 0 Å². The van der Waals surface area contributed by atoms with E-state index >= 15 is 0 Å². The zero-order valence-corrected chi connectivity index (χ0v) is 23.5. The van der Waals surface area contributed by atoms with E-state index in [-0.39, 0.29) is 24.9 Å². The number of hydrogen-bond acceptors (Lipinski definition) is 8. The molecule has 0 saturated carbocycles. The Kier molecular flexibility index (Phi) is 9.32. The van der Waals surface area contributed by atoms with Crippen molar-refractivity contribution in [2.75, 3.05) is 38.1 Å². The number of hydrazine groups is 1. The molecular weight excluding hydrogens is 494 g/mol. The first kappa shape index (κ1) is 28.3. The maximum atomic E-state index is 13.6. The molecule has 0 fully saturated rings. The summed E-state index contributed by atoms with van der Waals surface area (Å²) >= 11 is 0. The van der Waals surface area contributed by atoms with Crippen molar-refractivity contribution in [1.82, 2.24) is 30.8 Å². The maximum Gasteiger partial charge on any atom is 0.256 e. The standard InChI is InChI=1S/C29H39N7O3/c1-6-22-11-12-23(29-32-21(4)39-33-29)15-26(22)35(18-27(37)31-14-13-30-20(2)3)19-28(38)34(5)36-16-24-9-7-8-10-25(24)17-36/h7-12,15,20,30H,6,13-14,16-19H2,1-5H3,(H,31,37). The molecule has 0 radical (unpaired) electrons. The van der Waals surface area contributed by atoms with Crippen molar-refractivity contribution >= 4 is 17.5 Å². The van der Waals surface area contributed by atoms with E-state index in [0.717, 1.165) is 23.2 Å². The number of amides is 2. The molecule has 0 atom stereocenters. The summed E-state index contributed by atoms with van der Waals surface area (Å²) < 4.78 is 5.18. The number of aromatic nitrogens is 2. The zero-order chi connectivity index (χ0) is 27.9. The number of rotatable bonds is 12. The fourth-order valence-corrected chi connectivity index (χ4v) is 4.68. The average Bonchev–Trinajstić information content (AvgIpc) is 3.56. The summed E-state index contributed by atoms with van der Waals surface area (Å²) in [5, 5.41) is 14.0. The van der Waals surface area contributed by atoms with Gasteiger partial charge in [0.05, 0.1) is 13.1 Å². The molecule has 0 bridgehead atoms. The van der Waals surface area contributed by atoms with Gasteiger partial charge in [-0.05, 0) is 29.2 Å². The number of fused-ring (bicyclic) bond motifs is 1. The van der Waals surface area contributed by atoms with Crippen molar-refractivity contribution in [3.8, 4) is 11.4 Å². The topological polar surface area (TPSA) is 107 Å². The molecule has 10 heteroatoms. The van der Waals surface area contributed by atoms with Gasteiger partial charge < -0.3 is 20.1 Å². The number of nitrogens with zero attached hydrogens (tertiary/aromatic N) is 5. The third-order valence-corrected chi connectivity index (χ3v) is 6.86. The molecule has 2 heterocycles. The van der Waals surface area contributed by atoms with Crippen molar-refractivity contribution in [3.05, 3.63) is 65.0 Å². The first-order chi connectivity index (χ1) is 18.7. The van der Waals surface area contributed by atoms with E-state index in [4.69, 9.17) is 4.52 Å². The van der Waals surface area contributed by atoms with Crippen LogP contribution in [0.3, 0.4) is 0 Å². The number of aryl methyl sites for hydroxylation is 2. The van der Waals surface area contributed by atoms with E-state index in [9.17, 15) is 9.59 Å². The lowest BCUT2D eigenvalue weighted by Crippen LogP contribution is -2.48. The minimum atomic E-state index is -0.146. The zero-order valence-electron chi connectivity index (χ0n) is 23.5. The highest BCUT2D eigenvalue weighted by Gasteiger charge is 2.27. The van der Waals surface area contributed by atoms with Crippen LogP contribution in [0.5, 0.6) is 0 Å². The Morgan fingerprint density at radius 3 is 2.41 bits per heavy atom. The van der Waals surface area contributed by atoms with Crippen LogP contribution in [0.1, 0.15) is 43.4 Å². The number of carbonyl (C=O) groups excluding carboxylic acids is 2. The van der Waals surface area contributed by atoms with Gasteiger partial charge in [0.15, 0.2) is 0 Å². The van der Waals surface area contributed by atoms with E-state index < -0.39 is 0 Å². The monoisotopic (exact) mass is 533 g/mol. The predicted octanol–water partition coefficient (Wildman–Crippen LogP) is 2.92. The molecule has 4 rings (SSSR count). The smallest absolute Gasteiger partial charge is 0.256 e. The highest BCUT2D eigenvalue weighted by atomic mass is 16.5. The molecule has 1 aliphatic rings. The summed E-state index contributed by atoms with van der Waals surface area (Å²) in [6.45, 7) is 10.6. The number of carbonyl (C=O) groups is 2. The lowest BCUT2D eigenvalue weighted by Gasteiger charge is -2.32. The Hall–Kier alpha value is -3.76. The number of benzene rings is 2. The van der Waals surface area contributed by atoms with Gasteiger partial charge >= 0.3 is 0 Å². The average molecular weight is 534 g/mol. The third-order valence-electron chi connectivity index (χ3n) is 6.86. The van der Waals surface area contributed by atoms with E-state index in [1.807, 2.05) is 40.2 Å². The molecular formula is C29H39N7O3. The number of hydrogen-bond donors (Lipinski definition) is 2. The molecule has 3 aromatic rings. The van der Waals surface area contributed by atoms with Crippen LogP contribution in [0.4, 0.5) is 5.69 Å². The van der Waals surface area contributed by atoms with E-state index in [1.54, 1.807) is 19.0 Å². The van der Waals surface area contributed by atoms with Crippen molar-refractivity contribution < 1.29 is 14.1 Å².